The minimum atomic E-state index is -0.743. The van der Waals surface area contributed by atoms with Gasteiger partial charge in [-0.1, -0.05) is 13.8 Å². The van der Waals surface area contributed by atoms with Crippen LogP contribution in [0.1, 0.15) is 25.5 Å². The van der Waals surface area contributed by atoms with E-state index >= 15 is 0 Å². The van der Waals surface area contributed by atoms with Gasteiger partial charge in [0.05, 0.1) is 18.4 Å². The summed E-state index contributed by atoms with van der Waals surface area (Å²) in [5.74, 6) is 0.367. The highest BCUT2D eigenvalue weighted by Gasteiger charge is 2.34. The van der Waals surface area contributed by atoms with Crippen molar-refractivity contribution in [2.45, 2.75) is 26.0 Å². The zero-order chi connectivity index (χ0) is 12.6. The molecule has 2 rings (SSSR count). The largest absolute Gasteiger partial charge is 0.372 e. The molecule has 17 heavy (non-hydrogen) atoms. The predicted molar refractivity (Wildman–Crippen MR) is 64.8 cm³/mol. The van der Waals surface area contributed by atoms with Gasteiger partial charge >= 0.3 is 6.03 Å². The molecule has 1 aromatic rings. The van der Waals surface area contributed by atoms with Crippen molar-refractivity contribution in [2.24, 2.45) is 0 Å². The lowest BCUT2D eigenvalue weighted by atomic mass is 10.1. The minimum absolute atomic E-state index is 0.198. The van der Waals surface area contributed by atoms with Crippen molar-refractivity contribution in [1.29, 1.82) is 0 Å². The summed E-state index contributed by atoms with van der Waals surface area (Å²) in [6.45, 7) is 4.43. The fourth-order valence-electron chi connectivity index (χ4n) is 1.80. The highest BCUT2D eigenvalue weighted by Crippen LogP contribution is 2.22. The lowest BCUT2D eigenvalue weighted by molar-refractivity contribution is 0.0819. The van der Waals surface area contributed by atoms with Gasteiger partial charge in [0.2, 0.25) is 0 Å². The number of urea groups is 1. The average molecular weight is 235 g/mol. The molecule has 1 unspecified atom stereocenters. The van der Waals surface area contributed by atoms with Crippen molar-refractivity contribution in [3.05, 3.63) is 24.0 Å². The van der Waals surface area contributed by atoms with Crippen molar-refractivity contribution in [2.75, 3.05) is 18.5 Å². The summed E-state index contributed by atoms with van der Waals surface area (Å²) in [5, 5.41) is 9.59. The van der Waals surface area contributed by atoms with Gasteiger partial charge in [-0.25, -0.2) is 4.79 Å². The molecule has 1 atom stereocenters. The Kier molecular flexibility index (Phi) is 3.02. The molecule has 0 aliphatic carbocycles. The van der Waals surface area contributed by atoms with Gasteiger partial charge in [-0.15, -0.1) is 0 Å². The van der Waals surface area contributed by atoms with E-state index in [1.807, 2.05) is 12.1 Å². The standard InChI is InChI=1S/C12H17N3O2/c1-8(2)10-5-4-9(6-13-10)15-7-11(16)14(3)12(15)17/h4-6,8,11,16H,7H2,1-3H3. The average Bonchev–Trinajstić information content (AvgIpc) is 2.57. The zero-order valence-corrected chi connectivity index (χ0v) is 10.3. The lowest BCUT2D eigenvalue weighted by Crippen LogP contribution is -2.30. The Hall–Kier alpha value is -1.62. The fourth-order valence-corrected chi connectivity index (χ4v) is 1.80. The van der Waals surface area contributed by atoms with Crippen LogP contribution >= 0.6 is 0 Å². The van der Waals surface area contributed by atoms with E-state index in [4.69, 9.17) is 0 Å². The van der Waals surface area contributed by atoms with Crippen LogP contribution in [0.2, 0.25) is 0 Å². The minimum Gasteiger partial charge on any atom is -0.372 e. The summed E-state index contributed by atoms with van der Waals surface area (Å²) >= 11 is 0. The molecule has 0 spiro atoms. The summed E-state index contributed by atoms with van der Waals surface area (Å²) < 4.78 is 0. The maximum absolute atomic E-state index is 11.8. The second kappa shape index (κ2) is 4.33. The zero-order valence-electron chi connectivity index (χ0n) is 10.3. The predicted octanol–water partition coefficient (Wildman–Crippen LogP) is 1.40. The van der Waals surface area contributed by atoms with Gasteiger partial charge in [0.15, 0.2) is 0 Å². The van der Waals surface area contributed by atoms with E-state index in [1.165, 1.54) is 9.80 Å². The van der Waals surface area contributed by atoms with Gasteiger partial charge in [0.25, 0.3) is 0 Å². The Morgan fingerprint density at radius 3 is 2.59 bits per heavy atom. The van der Waals surface area contributed by atoms with Gasteiger partial charge in [-0.2, -0.15) is 0 Å². The normalized spacial score (nSPS) is 20.5. The molecule has 5 nitrogen and oxygen atoms in total. The van der Waals surface area contributed by atoms with E-state index in [-0.39, 0.29) is 12.6 Å². The van der Waals surface area contributed by atoms with E-state index in [0.29, 0.717) is 5.92 Å². The number of anilines is 1. The topological polar surface area (TPSA) is 56.7 Å². The third-order valence-corrected chi connectivity index (χ3v) is 3.00. The third-order valence-electron chi connectivity index (χ3n) is 3.00. The third kappa shape index (κ3) is 2.10. The molecular weight excluding hydrogens is 218 g/mol. The van der Waals surface area contributed by atoms with Crippen molar-refractivity contribution < 1.29 is 9.90 Å². The van der Waals surface area contributed by atoms with Crippen LogP contribution in [0.25, 0.3) is 0 Å². The second-order valence-electron chi connectivity index (χ2n) is 4.58. The number of aliphatic hydroxyl groups is 1. The Bertz CT molecular complexity index is 416. The van der Waals surface area contributed by atoms with Gasteiger partial charge in [0.1, 0.15) is 6.23 Å². The Labute approximate surface area is 101 Å². The van der Waals surface area contributed by atoms with E-state index in [1.54, 1.807) is 13.2 Å². The van der Waals surface area contributed by atoms with Gasteiger partial charge in [-0.3, -0.25) is 14.8 Å². The number of hydrogen-bond acceptors (Lipinski definition) is 3. The molecule has 0 saturated carbocycles. The smallest absolute Gasteiger partial charge is 0.326 e. The molecule has 5 heteroatoms. The number of carbonyl (C=O) groups excluding carboxylic acids is 1. The molecule has 0 aromatic carbocycles. The Balaban J connectivity index is 2.21. The Morgan fingerprint density at radius 1 is 1.47 bits per heavy atom. The van der Waals surface area contributed by atoms with E-state index in [9.17, 15) is 9.90 Å². The molecule has 1 fully saturated rings. The molecule has 2 amide bonds. The molecule has 0 radical (unpaired) electrons. The Morgan fingerprint density at radius 2 is 2.18 bits per heavy atom. The van der Waals surface area contributed by atoms with E-state index in [0.717, 1.165) is 11.4 Å². The van der Waals surface area contributed by atoms with Crippen LogP contribution in [-0.4, -0.2) is 40.8 Å². The number of aromatic nitrogens is 1. The molecule has 1 aliphatic heterocycles. The van der Waals surface area contributed by atoms with E-state index < -0.39 is 6.23 Å². The first-order valence-electron chi connectivity index (χ1n) is 5.69. The number of nitrogens with zero attached hydrogens (tertiary/aromatic N) is 3. The molecule has 1 saturated heterocycles. The van der Waals surface area contributed by atoms with Crippen LogP contribution in [0.4, 0.5) is 10.5 Å². The number of amides is 2. The van der Waals surface area contributed by atoms with Crippen molar-refractivity contribution >= 4 is 11.7 Å². The van der Waals surface area contributed by atoms with Crippen molar-refractivity contribution in [3.8, 4) is 0 Å². The molecule has 1 N–H and O–H groups in total. The molecule has 1 aromatic heterocycles. The first-order chi connectivity index (χ1) is 8.00. The first kappa shape index (κ1) is 11.9. The molecule has 1 aliphatic rings. The van der Waals surface area contributed by atoms with Gasteiger partial charge in [-0.05, 0) is 18.1 Å². The number of β-amino-alcohol motifs (C(OH)–C–C–N with tert-alkyl or cyclic N) is 1. The number of carbonyl (C=O) groups is 1. The highest BCUT2D eigenvalue weighted by molar-refractivity contribution is 5.94. The molecular formula is C12H17N3O2. The number of aliphatic hydroxyl groups excluding tert-OH is 1. The summed E-state index contributed by atoms with van der Waals surface area (Å²) in [6, 6.07) is 3.58. The van der Waals surface area contributed by atoms with E-state index in [2.05, 4.69) is 18.8 Å². The molecule has 92 valence electrons. The number of hydrogen-bond donors (Lipinski definition) is 1. The first-order valence-corrected chi connectivity index (χ1v) is 5.69. The fraction of sp³-hybridized carbons (Fsp3) is 0.500. The molecule has 0 bridgehead atoms. The summed E-state index contributed by atoms with van der Waals surface area (Å²) in [7, 11) is 1.59. The van der Waals surface area contributed by atoms with Crippen molar-refractivity contribution in [1.82, 2.24) is 9.88 Å². The number of rotatable bonds is 2. The van der Waals surface area contributed by atoms with Crippen LogP contribution in [0.15, 0.2) is 18.3 Å². The molecule has 2 heterocycles. The second-order valence-corrected chi connectivity index (χ2v) is 4.58. The number of pyridine rings is 1. The van der Waals surface area contributed by atoms with Crippen LogP contribution < -0.4 is 4.90 Å². The summed E-state index contributed by atoms with van der Waals surface area (Å²) in [6.07, 6.45) is 0.936. The van der Waals surface area contributed by atoms with Crippen LogP contribution in [0.3, 0.4) is 0 Å². The highest BCUT2D eigenvalue weighted by atomic mass is 16.3. The quantitative estimate of drug-likeness (QED) is 0.843. The maximum atomic E-state index is 11.8. The summed E-state index contributed by atoms with van der Waals surface area (Å²) in [5.41, 5.74) is 1.72. The van der Waals surface area contributed by atoms with Crippen LogP contribution in [0, 0.1) is 0 Å². The van der Waals surface area contributed by atoms with Crippen LogP contribution in [0.5, 0.6) is 0 Å². The number of likely N-dealkylation sites (N-methyl/N-ethyl adjacent to an activating group) is 1. The van der Waals surface area contributed by atoms with Gasteiger partial charge < -0.3 is 5.11 Å². The maximum Gasteiger partial charge on any atom is 0.326 e. The van der Waals surface area contributed by atoms with Crippen LogP contribution in [-0.2, 0) is 0 Å². The van der Waals surface area contributed by atoms with Gasteiger partial charge in [0, 0.05) is 12.7 Å². The lowest BCUT2D eigenvalue weighted by Gasteiger charge is -2.15. The SMILES string of the molecule is CC(C)c1ccc(N2CC(O)N(C)C2=O)cn1. The summed E-state index contributed by atoms with van der Waals surface area (Å²) in [4.78, 5) is 19.0. The monoisotopic (exact) mass is 235 g/mol. The van der Waals surface area contributed by atoms with Crippen molar-refractivity contribution in [3.63, 3.8) is 0 Å².